The van der Waals surface area contributed by atoms with E-state index in [2.05, 4.69) is 51.6 Å². The molecule has 0 saturated carbocycles. The highest BCUT2D eigenvalue weighted by atomic mass is 15.3. The number of hydrogen-bond acceptors (Lipinski definition) is 2. The average molecular weight is 212 g/mol. The van der Waals surface area contributed by atoms with Crippen LogP contribution in [0.5, 0.6) is 0 Å². The van der Waals surface area contributed by atoms with Gasteiger partial charge in [-0.3, -0.25) is 4.90 Å². The minimum absolute atomic E-state index is 0.449. The molecular weight excluding hydrogens is 184 g/mol. The number of hydrogen-bond donors (Lipinski definition) is 0. The molecule has 0 N–H and O–H groups in total. The molecule has 0 aromatic carbocycles. The molecule has 1 saturated heterocycles. The summed E-state index contributed by atoms with van der Waals surface area (Å²) < 4.78 is 0. The Bertz CT molecular complexity index is 189. The summed E-state index contributed by atoms with van der Waals surface area (Å²) in [5.41, 5.74) is 0.449. The van der Waals surface area contributed by atoms with Gasteiger partial charge in [0.1, 0.15) is 0 Å². The predicted octanol–water partition coefficient (Wildman–Crippen LogP) is 2.45. The molecule has 0 unspecified atom stereocenters. The zero-order valence-electron chi connectivity index (χ0n) is 11.4. The minimum atomic E-state index is 0.449. The van der Waals surface area contributed by atoms with Crippen molar-refractivity contribution < 1.29 is 0 Å². The third kappa shape index (κ3) is 3.76. The molecule has 0 spiro atoms. The van der Waals surface area contributed by atoms with Crippen molar-refractivity contribution >= 4 is 0 Å². The van der Waals surface area contributed by atoms with E-state index in [0.29, 0.717) is 5.41 Å². The first-order valence-corrected chi connectivity index (χ1v) is 6.24. The van der Waals surface area contributed by atoms with Crippen molar-refractivity contribution in [3.05, 3.63) is 0 Å². The molecule has 15 heavy (non-hydrogen) atoms. The average Bonchev–Trinajstić information content (AvgIpc) is 2.06. The van der Waals surface area contributed by atoms with E-state index in [-0.39, 0.29) is 0 Å². The fraction of sp³-hybridized carbons (Fsp3) is 1.00. The minimum Gasteiger partial charge on any atom is -0.303 e. The monoisotopic (exact) mass is 212 g/mol. The van der Waals surface area contributed by atoms with E-state index in [4.69, 9.17) is 0 Å². The number of nitrogens with zero attached hydrogens (tertiary/aromatic N) is 2. The molecule has 2 nitrogen and oxygen atoms in total. The lowest BCUT2D eigenvalue weighted by Crippen LogP contribution is -2.59. The van der Waals surface area contributed by atoms with Gasteiger partial charge >= 0.3 is 0 Å². The maximum Gasteiger partial charge on any atom is 0.0350 e. The Balaban J connectivity index is 2.44. The molecule has 1 aliphatic heterocycles. The Hall–Kier alpha value is -0.0800. The van der Waals surface area contributed by atoms with Crippen molar-refractivity contribution in [3.8, 4) is 0 Å². The molecular formula is C13H28N2. The lowest BCUT2D eigenvalue weighted by atomic mass is 9.86. The molecule has 0 bridgehead atoms. The molecule has 2 heteroatoms. The molecule has 0 aromatic heterocycles. The zero-order valence-corrected chi connectivity index (χ0v) is 11.4. The molecule has 0 amide bonds. The summed E-state index contributed by atoms with van der Waals surface area (Å²) in [4.78, 5) is 5.00. The Labute approximate surface area is 95.6 Å². The van der Waals surface area contributed by atoms with Crippen molar-refractivity contribution in [3.63, 3.8) is 0 Å². The van der Waals surface area contributed by atoms with Crippen molar-refractivity contribution in [2.24, 2.45) is 5.41 Å². The van der Waals surface area contributed by atoms with Gasteiger partial charge < -0.3 is 4.90 Å². The van der Waals surface area contributed by atoms with Crippen LogP contribution in [0.1, 0.15) is 40.5 Å². The van der Waals surface area contributed by atoms with Crippen LogP contribution in [0.25, 0.3) is 0 Å². The van der Waals surface area contributed by atoms with Crippen LogP contribution in [0, 0.1) is 5.41 Å². The van der Waals surface area contributed by atoms with Crippen LogP contribution in [0.15, 0.2) is 0 Å². The molecule has 90 valence electrons. The standard InChI is InChI=1S/C13H28N2/c1-7-11(8-13(2,3)4)15(6)12-9-14(5)10-12/h11-12H,7-10H2,1-6H3/t11-/m1/s1. The van der Waals surface area contributed by atoms with Crippen LogP contribution in [-0.4, -0.2) is 49.1 Å². The molecule has 1 heterocycles. The third-order valence-electron chi connectivity index (χ3n) is 3.52. The Morgan fingerprint density at radius 1 is 1.33 bits per heavy atom. The Morgan fingerprint density at radius 2 is 1.87 bits per heavy atom. The second-order valence-electron chi connectivity index (χ2n) is 6.37. The predicted molar refractivity (Wildman–Crippen MR) is 67.2 cm³/mol. The topological polar surface area (TPSA) is 6.48 Å². The molecule has 0 aromatic rings. The van der Waals surface area contributed by atoms with Gasteiger partial charge in [-0.15, -0.1) is 0 Å². The van der Waals surface area contributed by atoms with Gasteiger partial charge in [-0.05, 0) is 32.4 Å². The first-order chi connectivity index (χ1) is 6.83. The maximum absolute atomic E-state index is 2.60. The van der Waals surface area contributed by atoms with Gasteiger partial charge in [0, 0.05) is 25.2 Å². The van der Waals surface area contributed by atoms with Crippen LogP contribution in [0.4, 0.5) is 0 Å². The summed E-state index contributed by atoms with van der Waals surface area (Å²) in [5.74, 6) is 0. The highest BCUT2D eigenvalue weighted by Gasteiger charge is 2.31. The molecule has 0 radical (unpaired) electrons. The number of likely N-dealkylation sites (N-methyl/N-ethyl adjacent to an activating group) is 2. The van der Waals surface area contributed by atoms with E-state index in [1.807, 2.05) is 0 Å². The van der Waals surface area contributed by atoms with Crippen LogP contribution in [0.2, 0.25) is 0 Å². The van der Waals surface area contributed by atoms with E-state index < -0.39 is 0 Å². The molecule has 0 aliphatic carbocycles. The first kappa shape index (κ1) is 13.0. The fourth-order valence-corrected chi connectivity index (χ4v) is 2.50. The lowest BCUT2D eigenvalue weighted by Gasteiger charge is -2.46. The quantitative estimate of drug-likeness (QED) is 0.706. The number of rotatable bonds is 4. The van der Waals surface area contributed by atoms with Crippen LogP contribution < -0.4 is 0 Å². The Morgan fingerprint density at radius 3 is 2.20 bits per heavy atom. The second-order valence-corrected chi connectivity index (χ2v) is 6.37. The summed E-state index contributed by atoms with van der Waals surface area (Å²) in [6.45, 7) is 11.8. The highest BCUT2D eigenvalue weighted by molar-refractivity contribution is 4.88. The molecule has 1 fully saturated rings. The summed E-state index contributed by atoms with van der Waals surface area (Å²) >= 11 is 0. The molecule has 1 atom stereocenters. The van der Waals surface area contributed by atoms with E-state index >= 15 is 0 Å². The van der Waals surface area contributed by atoms with E-state index in [1.165, 1.54) is 25.9 Å². The van der Waals surface area contributed by atoms with Gasteiger partial charge in [0.15, 0.2) is 0 Å². The summed E-state index contributed by atoms with van der Waals surface area (Å²) in [7, 11) is 4.51. The zero-order chi connectivity index (χ0) is 11.6. The van der Waals surface area contributed by atoms with Crippen molar-refractivity contribution in [2.75, 3.05) is 27.2 Å². The summed E-state index contributed by atoms with van der Waals surface area (Å²) in [6, 6.07) is 1.55. The molecule has 1 rings (SSSR count). The van der Waals surface area contributed by atoms with Gasteiger partial charge in [0.25, 0.3) is 0 Å². The number of likely N-dealkylation sites (tertiary alicyclic amines) is 1. The van der Waals surface area contributed by atoms with Crippen molar-refractivity contribution in [1.29, 1.82) is 0 Å². The van der Waals surface area contributed by atoms with E-state index in [1.54, 1.807) is 0 Å². The van der Waals surface area contributed by atoms with Gasteiger partial charge in [0.05, 0.1) is 0 Å². The van der Waals surface area contributed by atoms with Crippen LogP contribution >= 0.6 is 0 Å². The SMILES string of the molecule is CC[C@H](CC(C)(C)C)N(C)C1CN(C)C1. The highest BCUT2D eigenvalue weighted by Crippen LogP contribution is 2.27. The Kier molecular flexibility index (Phi) is 4.19. The lowest BCUT2D eigenvalue weighted by molar-refractivity contribution is 0.0285. The van der Waals surface area contributed by atoms with Crippen molar-refractivity contribution in [2.45, 2.75) is 52.6 Å². The summed E-state index contributed by atoms with van der Waals surface area (Å²) in [5, 5.41) is 0. The van der Waals surface area contributed by atoms with Gasteiger partial charge in [-0.2, -0.15) is 0 Å². The van der Waals surface area contributed by atoms with Crippen LogP contribution in [0.3, 0.4) is 0 Å². The fourth-order valence-electron chi connectivity index (χ4n) is 2.50. The smallest absolute Gasteiger partial charge is 0.0350 e. The largest absolute Gasteiger partial charge is 0.303 e. The van der Waals surface area contributed by atoms with Crippen molar-refractivity contribution in [1.82, 2.24) is 9.80 Å². The van der Waals surface area contributed by atoms with Crippen LogP contribution in [-0.2, 0) is 0 Å². The third-order valence-corrected chi connectivity index (χ3v) is 3.52. The van der Waals surface area contributed by atoms with Gasteiger partial charge in [0.2, 0.25) is 0 Å². The van der Waals surface area contributed by atoms with Gasteiger partial charge in [-0.25, -0.2) is 0 Å². The first-order valence-electron chi connectivity index (χ1n) is 6.24. The second kappa shape index (κ2) is 4.84. The summed E-state index contributed by atoms with van der Waals surface area (Å²) in [6.07, 6.45) is 2.58. The maximum atomic E-state index is 2.60. The van der Waals surface area contributed by atoms with E-state index in [0.717, 1.165) is 12.1 Å². The molecule has 1 aliphatic rings. The normalized spacial score (nSPS) is 21.8. The van der Waals surface area contributed by atoms with Gasteiger partial charge in [-0.1, -0.05) is 27.7 Å². The van der Waals surface area contributed by atoms with E-state index in [9.17, 15) is 0 Å².